The monoisotopic (exact) mass is 1690 g/mol. The van der Waals surface area contributed by atoms with Gasteiger partial charge in [-0.1, -0.05) is 150 Å². The van der Waals surface area contributed by atoms with Crippen LogP contribution in [0, 0.1) is 0 Å². The molecule has 0 spiro atoms. The minimum absolute atomic E-state index is 0.146. The normalized spacial score (nSPS) is 11.6. The van der Waals surface area contributed by atoms with Crippen molar-refractivity contribution >= 4 is 148 Å². The summed E-state index contributed by atoms with van der Waals surface area (Å²) in [5.41, 5.74) is 33.0. The lowest BCUT2D eigenvalue weighted by molar-refractivity contribution is 0.0926. The fraction of sp³-hybridized carbons (Fsp3) is 0.210. The molecular formula is C81H80BrCl4N25O4. The number of nitrogens with one attached hydrogen (secondary N) is 4. The number of carbonyl (C=O) groups excluding carboxylic acids is 3. The van der Waals surface area contributed by atoms with Gasteiger partial charge in [-0.25, -0.2) is 63.4 Å². The molecule has 0 aliphatic heterocycles. The first kappa shape index (κ1) is 82.1. The maximum absolute atomic E-state index is 12.5. The number of hydrogen-bond donors (Lipinski definition) is 8. The first-order chi connectivity index (χ1) is 55.0. The van der Waals surface area contributed by atoms with Gasteiger partial charge >= 0.3 is 6.09 Å². The molecule has 29 nitrogen and oxygen atoms in total. The molecule has 12 N–H and O–H groups in total. The third-order valence-corrected chi connectivity index (χ3v) is 19.7. The number of rotatable bonds is 20. The fourth-order valence-corrected chi connectivity index (χ4v) is 13.4. The highest BCUT2D eigenvalue weighted by Gasteiger charge is 2.33. The summed E-state index contributed by atoms with van der Waals surface area (Å²) in [5, 5.41) is 33.2. The van der Waals surface area contributed by atoms with E-state index in [1.54, 1.807) is 87.0 Å². The highest BCUT2D eigenvalue weighted by atomic mass is 79.9. The number of anilines is 4. The second kappa shape index (κ2) is 35.4. The molecule has 0 aliphatic carbocycles. The summed E-state index contributed by atoms with van der Waals surface area (Å²) in [5.74, 6) is 1.02. The molecule has 0 atom stereocenters. The number of amides is 3. The smallest absolute Gasteiger partial charge is 0.407 e. The summed E-state index contributed by atoms with van der Waals surface area (Å²) in [6.45, 7) is 17.7. The van der Waals surface area contributed by atoms with E-state index in [-0.39, 0.29) is 30.5 Å². The van der Waals surface area contributed by atoms with Crippen LogP contribution in [0.4, 0.5) is 28.1 Å². The Morgan fingerprint density at radius 1 is 0.374 bits per heavy atom. The van der Waals surface area contributed by atoms with Crippen LogP contribution < -0.4 is 43.2 Å². The van der Waals surface area contributed by atoms with Crippen molar-refractivity contribution in [3.63, 3.8) is 0 Å². The number of carbonyl (C=O) groups is 3. The summed E-state index contributed by atoms with van der Waals surface area (Å²) >= 11 is 27.3. The Morgan fingerprint density at radius 2 is 0.678 bits per heavy atom. The van der Waals surface area contributed by atoms with E-state index >= 15 is 0 Å². The van der Waals surface area contributed by atoms with Gasteiger partial charge in [0, 0.05) is 96.4 Å². The average molecular weight is 1690 g/mol. The Bertz CT molecular complexity index is 5740. The van der Waals surface area contributed by atoms with Crippen LogP contribution in [-0.4, -0.2) is 128 Å². The van der Waals surface area contributed by atoms with Crippen LogP contribution in [-0.2, 0) is 33.5 Å². The van der Waals surface area contributed by atoms with Gasteiger partial charge in [0.15, 0.2) is 22.6 Å². The van der Waals surface area contributed by atoms with Crippen LogP contribution in [0.5, 0.6) is 0 Å². The maximum Gasteiger partial charge on any atom is 0.407 e. The SMILES string of the molecule is CC(C)(CNBr)n1nc(-c2ccc(Cl)cc2)c2c(N)ncnc21.CC(C)(CNC(=O)OCc1ccccc1)n1nc(-c2ccc(Cl)cc2)c2c(N)ncnc21.CC(C)(CNC(=O)c1ccccc1)n1nc(-c2ccc(Cl)cc2)c2c(N)ncnc21.CC(C)(CNC(=O)c1ccccn1)n1nc(-c2ccc(Cl)cc2)c2c(N)ncnc21. The topological polar surface area (TPSA) is 400 Å². The molecule has 115 heavy (non-hydrogen) atoms. The minimum Gasteiger partial charge on any atom is -0.445 e. The Balaban J connectivity index is 0.000000142. The first-order valence-electron chi connectivity index (χ1n) is 35.9. The number of ether oxygens (including phenoxy) is 1. The van der Waals surface area contributed by atoms with E-state index in [0.29, 0.717) is 130 Å². The number of alkyl carbamates (subject to hydrolysis) is 1. The second-order valence-electron chi connectivity index (χ2n) is 28.8. The molecule has 588 valence electrons. The number of aromatic nitrogens is 17. The molecule has 9 heterocycles. The molecule has 34 heteroatoms. The van der Waals surface area contributed by atoms with Crippen LogP contribution >= 0.6 is 62.6 Å². The average Bonchev–Trinajstić information content (AvgIpc) is 1.63. The molecular weight excluding hydrogens is 1610 g/mol. The van der Waals surface area contributed by atoms with Crippen LogP contribution in [0.2, 0.25) is 20.1 Å². The van der Waals surface area contributed by atoms with Crippen LogP contribution in [0.3, 0.4) is 0 Å². The van der Waals surface area contributed by atoms with E-state index < -0.39 is 22.7 Å². The van der Waals surface area contributed by atoms with E-state index in [9.17, 15) is 14.4 Å². The zero-order chi connectivity index (χ0) is 81.9. The van der Waals surface area contributed by atoms with Gasteiger partial charge in [-0.15, -0.1) is 0 Å². The lowest BCUT2D eigenvalue weighted by Crippen LogP contribution is -2.41. The van der Waals surface area contributed by atoms with Gasteiger partial charge in [-0.2, -0.15) is 20.4 Å². The number of pyridine rings is 1. The van der Waals surface area contributed by atoms with Crippen LogP contribution in [0.1, 0.15) is 81.8 Å². The molecule has 0 radical (unpaired) electrons. The standard InChI is InChI=1S/C23H23ClN6O2.C22H21ClN6O.C21H20ClN7O.C15H16BrClN6/c1-23(2,13-26-22(31)32-12-15-6-4-3-5-7-15)30-21-18(20(25)27-14-28-21)19(29-30)16-8-10-17(24)11-9-16;1-22(2,12-25-21(30)15-6-4-3-5-7-15)29-20-17(19(24)26-13-27-20)18(28-29)14-8-10-16(23)11-9-14;1-21(2,11-25-20(30)15-5-3-4-10-24-15)29-19-16(18(23)26-12-27-19)17(28-29)13-6-8-14(22)9-7-13;1-15(2,7-21-16)23-14-11(13(18)19-8-20-14)12(22-23)9-3-5-10(17)6-4-9/h3-11,14H,12-13H2,1-2H3,(H,26,31)(H2,25,27,28);3-11,13H,12H2,1-2H3,(H,25,30)(H2,24,26,27);3-10,12H,11H2,1-2H3,(H,25,30)(H2,23,26,27);3-6,8,21H,7H2,1-2H3,(H2,18,19,20). The molecule has 0 unspecified atom stereocenters. The molecule has 15 aromatic rings. The van der Waals surface area contributed by atoms with Gasteiger partial charge in [0.25, 0.3) is 11.8 Å². The van der Waals surface area contributed by atoms with E-state index in [0.717, 1.165) is 38.9 Å². The zero-order valence-corrected chi connectivity index (χ0v) is 68.2. The number of nitrogens with zero attached hydrogens (tertiary/aromatic N) is 17. The Morgan fingerprint density at radius 3 is 1.00 bits per heavy atom. The van der Waals surface area contributed by atoms with Crippen molar-refractivity contribution in [1.82, 2.24) is 104 Å². The Labute approximate surface area is 689 Å². The molecule has 9 aromatic heterocycles. The highest BCUT2D eigenvalue weighted by Crippen LogP contribution is 2.39. The predicted octanol–water partition coefficient (Wildman–Crippen LogP) is 14.9. The number of fused-ring (bicyclic) bond motifs is 4. The zero-order valence-electron chi connectivity index (χ0n) is 63.6. The number of nitrogens with two attached hydrogens (primary N) is 4. The summed E-state index contributed by atoms with van der Waals surface area (Å²) in [6, 6.07) is 53.3. The fourth-order valence-electron chi connectivity index (χ4n) is 12.2. The summed E-state index contributed by atoms with van der Waals surface area (Å²) in [7, 11) is 0. The molecule has 0 saturated heterocycles. The Kier molecular flexibility index (Phi) is 25.3. The van der Waals surface area contributed by atoms with Gasteiger partial charge in [-0.3, -0.25) is 18.9 Å². The summed E-state index contributed by atoms with van der Waals surface area (Å²) in [4.78, 5) is 75.4. The lowest BCUT2D eigenvalue weighted by Gasteiger charge is -2.26. The quantitative estimate of drug-likeness (QED) is 0.0329. The van der Waals surface area contributed by atoms with E-state index in [1.807, 2.05) is 155 Å². The molecule has 0 saturated carbocycles. The maximum atomic E-state index is 12.5. The highest BCUT2D eigenvalue weighted by molar-refractivity contribution is 9.08. The molecule has 0 bridgehead atoms. The minimum atomic E-state index is -0.629. The van der Waals surface area contributed by atoms with Gasteiger partial charge in [0.2, 0.25) is 0 Å². The molecule has 0 fully saturated rings. The second-order valence-corrected chi connectivity index (χ2v) is 31.1. The van der Waals surface area contributed by atoms with Crippen molar-refractivity contribution in [1.29, 1.82) is 0 Å². The van der Waals surface area contributed by atoms with Crippen molar-refractivity contribution < 1.29 is 19.1 Å². The van der Waals surface area contributed by atoms with Gasteiger partial charge in [0.05, 0.1) is 43.7 Å². The number of hydrogen-bond acceptors (Lipinski definition) is 22. The number of nitrogen functional groups attached to an aromatic ring is 4. The van der Waals surface area contributed by atoms with Gasteiger partial charge in [0.1, 0.15) is 83.7 Å². The lowest BCUT2D eigenvalue weighted by atomic mass is 10.1. The van der Waals surface area contributed by atoms with Crippen molar-refractivity contribution in [2.24, 2.45) is 0 Å². The Hall–Kier alpha value is -12.3. The van der Waals surface area contributed by atoms with Crippen molar-refractivity contribution in [2.75, 3.05) is 49.1 Å². The van der Waals surface area contributed by atoms with E-state index in [1.165, 1.54) is 25.3 Å². The first-order valence-corrected chi connectivity index (χ1v) is 38.2. The van der Waals surface area contributed by atoms with Crippen molar-refractivity contribution in [3.8, 4) is 45.0 Å². The van der Waals surface area contributed by atoms with E-state index in [2.05, 4.69) is 95.1 Å². The number of benzene rings is 6. The van der Waals surface area contributed by atoms with Gasteiger partial charge < -0.3 is 43.6 Å². The van der Waals surface area contributed by atoms with Crippen molar-refractivity contribution in [3.05, 3.63) is 244 Å². The molecule has 3 amide bonds. The van der Waals surface area contributed by atoms with Gasteiger partial charge in [-0.05, 0) is 134 Å². The van der Waals surface area contributed by atoms with Crippen LogP contribution in [0.25, 0.3) is 89.2 Å². The third-order valence-electron chi connectivity index (χ3n) is 18.4. The van der Waals surface area contributed by atoms with Crippen LogP contribution in [0.15, 0.2) is 207 Å². The largest absolute Gasteiger partial charge is 0.445 e. The molecule has 6 aromatic carbocycles. The van der Waals surface area contributed by atoms with Crippen molar-refractivity contribution in [2.45, 2.75) is 84.2 Å². The molecule has 0 aliphatic rings. The number of halogens is 5. The third kappa shape index (κ3) is 19.0. The van der Waals surface area contributed by atoms with E-state index in [4.69, 9.17) is 94.5 Å². The molecule has 15 rings (SSSR count). The predicted molar refractivity (Wildman–Crippen MR) is 455 cm³/mol. The summed E-state index contributed by atoms with van der Waals surface area (Å²) in [6.07, 6.45) is 6.76. The summed E-state index contributed by atoms with van der Waals surface area (Å²) < 4.78 is 15.5.